The van der Waals surface area contributed by atoms with E-state index in [0.717, 1.165) is 5.56 Å². The number of carbonyl (C=O) groups is 2. The van der Waals surface area contributed by atoms with E-state index in [1.54, 1.807) is 25.2 Å². The topological polar surface area (TPSA) is 81.4 Å². The smallest absolute Gasteiger partial charge is 0.331 e. The van der Waals surface area contributed by atoms with Gasteiger partial charge in [0.1, 0.15) is 11.3 Å². The molecule has 2 heterocycles. The van der Waals surface area contributed by atoms with Gasteiger partial charge in [-0.3, -0.25) is 4.79 Å². The second kappa shape index (κ2) is 6.95. The fourth-order valence-corrected chi connectivity index (χ4v) is 2.74. The van der Waals surface area contributed by atoms with Gasteiger partial charge in [0, 0.05) is 10.9 Å². The van der Waals surface area contributed by atoms with Gasteiger partial charge in [-0.05, 0) is 31.7 Å². The third-order valence-electron chi connectivity index (χ3n) is 3.75. The molecule has 0 aliphatic rings. The molecule has 7 heteroatoms. The fourth-order valence-electron chi connectivity index (χ4n) is 2.11. The number of thiophene rings is 1. The first-order valence-electron chi connectivity index (χ1n) is 7.28. The number of carbonyl (C=O) groups excluding carboxylic acids is 2. The number of methoxy groups -OCH3 is 1. The molecule has 0 saturated heterocycles. The van der Waals surface area contributed by atoms with Crippen molar-refractivity contribution in [3.63, 3.8) is 0 Å². The Bertz CT molecular complexity index is 693. The lowest BCUT2D eigenvalue weighted by Crippen LogP contribution is -2.52. The van der Waals surface area contributed by atoms with Crippen LogP contribution in [0.1, 0.15) is 31.7 Å². The van der Waals surface area contributed by atoms with Crippen LogP contribution < -0.4 is 5.32 Å². The molecule has 1 unspecified atom stereocenters. The van der Waals surface area contributed by atoms with Crippen molar-refractivity contribution in [2.45, 2.75) is 39.2 Å². The monoisotopic (exact) mass is 336 g/mol. The van der Waals surface area contributed by atoms with E-state index in [1.807, 2.05) is 23.8 Å². The third kappa shape index (κ3) is 3.79. The van der Waals surface area contributed by atoms with Crippen molar-refractivity contribution >= 4 is 23.2 Å². The average Bonchev–Trinajstić information content (AvgIpc) is 3.16. The van der Waals surface area contributed by atoms with E-state index in [0.29, 0.717) is 23.8 Å². The molecule has 23 heavy (non-hydrogen) atoms. The van der Waals surface area contributed by atoms with Gasteiger partial charge in [-0.25, -0.2) is 9.78 Å². The summed E-state index contributed by atoms with van der Waals surface area (Å²) in [5.74, 6) is 0.326. The Morgan fingerprint density at radius 1 is 1.48 bits per heavy atom. The maximum absolute atomic E-state index is 12.3. The van der Waals surface area contributed by atoms with Gasteiger partial charge in [0.15, 0.2) is 0 Å². The minimum atomic E-state index is -1.04. The predicted octanol–water partition coefficient (Wildman–Crippen LogP) is 2.71. The number of hydrogen-bond donors (Lipinski definition) is 1. The molecule has 2 rings (SSSR count). The van der Waals surface area contributed by atoms with E-state index in [-0.39, 0.29) is 12.3 Å². The number of amides is 1. The number of ether oxygens (including phenoxy) is 1. The van der Waals surface area contributed by atoms with Gasteiger partial charge in [-0.2, -0.15) is 11.3 Å². The maximum Gasteiger partial charge on any atom is 0.331 e. The summed E-state index contributed by atoms with van der Waals surface area (Å²) in [6, 6.07) is 1.91. The Kier molecular flexibility index (Phi) is 5.20. The Balaban J connectivity index is 2.10. The molecule has 0 saturated carbocycles. The van der Waals surface area contributed by atoms with Crippen molar-refractivity contribution < 1.29 is 18.7 Å². The molecule has 0 aliphatic carbocycles. The largest absolute Gasteiger partial charge is 0.467 e. The van der Waals surface area contributed by atoms with Crippen molar-refractivity contribution in [2.75, 3.05) is 7.11 Å². The summed E-state index contributed by atoms with van der Waals surface area (Å²) >= 11 is 1.55. The molecule has 0 aromatic carbocycles. The van der Waals surface area contributed by atoms with Crippen LogP contribution in [0.4, 0.5) is 0 Å². The molecule has 0 spiro atoms. The lowest BCUT2D eigenvalue weighted by Gasteiger charge is -2.26. The summed E-state index contributed by atoms with van der Waals surface area (Å²) in [7, 11) is 1.30. The molecule has 0 bridgehead atoms. The van der Waals surface area contributed by atoms with Crippen LogP contribution in [-0.2, 0) is 20.7 Å². The number of esters is 1. The molecule has 1 atom stereocenters. The number of rotatable bonds is 6. The van der Waals surface area contributed by atoms with Crippen LogP contribution in [0.5, 0.6) is 0 Å². The molecular weight excluding hydrogens is 316 g/mol. The number of nitrogens with one attached hydrogen (secondary N) is 1. The minimum absolute atomic E-state index is 0.0477. The zero-order valence-corrected chi connectivity index (χ0v) is 14.5. The molecule has 0 fully saturated rings. The molecule has 1 N–H and O–H groups in total. The fraction of sp³-hybridized carbons (Fsp3) is 0.438. The minimum Gasteiger partial charge on any atom is -0.467 e. The van der Waals surface area contributed by atoms with Crippen molar-refractivity contribution in [1.82, 2.24) is 10.3 Å². The lowest BCUT2D eigenvalue weighted by atomic mass is 9.98. The van der Waals surface area contributed by atoms with Gasteiger partial charge in [0.25, 0.3) is 0 Å². The number of hydrogen-bond acceptors (Lipinski definition) is 6. The van der Waals surface area contributed by atoms with E-state index >= 15 is 0 Å². The first kappa shape index (κ1) is 17.2. The van der Waals surface area contributed by atoms with Crippen molar-refractivity contribution in [2.24, 2.45) is 0 Å². The highest BCUT2D eigenvalue weighted by atomic mass is 32.1. The van der Waals surface area contributed by atoms with Crippen LogP contribution in [0, 0.1) is 6.92 Å². The maximum atomic E-state index is 12.3. The quantitative estimate of drug-likeness (QED) is 0.820. The molecule has 2 aromatic rings. The SMILES string of the molecule is CCC(C)(NC(=O)Cc1nc(-c2ccsc2)oc1C)C(=O)OC. The van der Waals surface area contributed by atoms with E-state index < -0.39 is 11.5 Å². The second-order valence-corrected chi connectivity index (χ2v) is 6.22. The predicted molar refractivity (Wildman–Crippen MR) is 87.1 cm³/mol. The van der Waals surface area contributed by atoms with Gasteiger partial charge in [0.05, 0.1) is 19.2 Å². The standard InChI is InChI=1S/C16H20N2O4S/c1-5-16(3,15(20)21-4)18-13(19)8-12-10(2)22-14(17-12)11-6-7-23-9-11/h6-7,9H,5,8H2,1-4H3,(H,18,19). The van der Waals surface area contributed by atoms with E-state index in [1.165, 1.54) is 7.11 Å². The highest BCUT2D eigenvalue weighted by Gasteiger charge is 2.34. The molecule has 124 valence electrons. The van der Waals surface area contributed by atoms with Crippen LogP contribution in [0.2, 0.25) is 0 Å². The lowest BCUT2D eigenvalue weighted by molar-refractivity contribution is -0.150. The average molecular weight is 336 g/mol. The Morgan fingerprint density at radius 2 is 2.22 bits per heavy atom. The highest BCUT2D eigenvalue weighted by molar-refractivity contribution is 7.08. The number of aromatic nitrogens is 1. The van der Waals surface area contributed by atoms with Crippen LogP contribution in [0.15, 0.2) is 21.2 Å². The van der Waals surface area contributed by atoms with Crippen LogP contribution in [0.25, 0.3) is 11.5 Å². The van der Waals surface area contributed by atoms with Crippen molar-refractivity contribution in [3.8, 4) is 11.5 Å². The zero-order valence-electron chi connectivity index (χ0n) is 13.6. The second-order valence-electron chi connectivity index (χ2n) is 5.44. The molecule has 2 aromatic heterocycles. The van der Waals surface area contributed by atoms with E-state index in [2.05, 4.69) is 10.3 Å². The summed E-state index contributed by atoms with van der Waals surface area (Å²) in [5.41, 5.74) is 0.407. The van der Waals surface area contributed by atoms with Crippen LogP contribution in [0.3, 0.4) is 0 Å². The van der Waals surface area contributed by atoms with Crippen molar-refractivity contribution in [1.29, 1.82) is 0 Å². The molecule has 0 radical (unpaired) electrons. The summed E-state index contributed by atoms with van der Waals surface area (Å²) in [4.78, 5) is 28.4. The summed E-state index contributed by atoms with van der Waals surface area (Å²) in [6.45, 7) is 5.22. The molecular formula is C16H20N2O4S. The summed E-state index contributed by atoms with van der Waals surface area (Å²) in [6.07, 6.45) is 0.482. The van der Waals surface area contributed by atoms with Gasteiger partial charge in [0.2, 0.25) is 11.8 Å². The highest BCUT2D eigenvalue weighted by Crippen LogP contribution is 2.24. The Labute approximate surface area is 138 Å². The third-order valence-corrected chi connectivity index (χ3v) is 4.43. The summed E-state index contributed by atoms with van der Waals surface area (Å²) < 4.78 is 10.4. The number of nitrogens with zero attached hydrogens (tertiary/aromatic N) is 1. The van der Waals surface area contributed by atoms with Gasteiger partial charge < -0.3 is 14.5 Å². The first-order valence-corrected chi connectivity index (χ1v) is 8.22. The first-order chi connectivity index (χ1) is 10.9. The Morgan fingerprint density at radius 3 is 2.78 bits per heavy atom. The van der Waals surface area contributed by atoms with E-state index in [9.17, 15) is 9.59 Å². The van der Waals surface area contributed by atoms with E-state index in [4.69, 9.17) is 9.15 Å². The van der Waals surface area contributed by atoms with Crippen LogP contribution in [-0.4, -0.2) is 29.5 Å². The zero-order chi connectivity index (χ0) is 17.0. The van der Waals surface area contributed by atoms with Gasteiger partial charge in [-0.1, -0.05) is 6.92 Å². The number of oxazole rings is 1. The van der Waals surface area contributed by atoms with Gasteiger partial charge in [-0.15, -0.1) is 0 Å². The molecule has 0 aliphatic heterocycles. The summed E-state index contributed by atoms with van der Waals surface area (Å²) in [5, 5.41) is 6.59. The number of aryl methyl sites for hydroxylation is 1. The van der Waals surface area contributed by atoms with Crippen LogP contribution >= 0.6 is 11.3 Å². The molecule has 1 amide bonds. The van der Waals surface area contributed by atoms with Gasteiger partial charge >= 0.3 is 5.97 Å². The van der Waals surface area contributed by atoms with Crippen molar-refractivity contribution in [3.05, 3.63) is 28.3 Å². The normalized spacial score (nSPS) is 13.4. The Hall–Kier alpha value is -2.15. The molecule has 6 nitrogen and oxygen atoms in total.